The van der Waals surface area contributed by atoms with Crippen LogP contribution in [-0.2, 0) is 11.2 Å². The standard InChI is InChI=1S/C31H32FN7O4S2/c1-6-42-29(41)25-24(12-9-15-43-22-14-13-19(16-20(22)32)28(40)39(4)5)45-31(34-25)36-27-18(3)17(2)26(37-38-27)35-30-33-21-10-7-8-11-23(21)44-30/h7-8,10-11,13-14,16H,6,9,12,15H2,1-5H3,(H,33,35,37)(H,34,36,38). The molecule has 2 aromatic carbocycles. The van der Waals surface area contributed by atoms with Crippen molar-refractivity contribution in [3.8, 4) is 5.75 Å². The van der Waals surface area contributed by atoms with E-state index in [9.17, 15) is 14.0 Å². The van der Waals surface area contributed by atoms with Crippen LogP contribution in [0.25, 0.3) is 10.2 Å². The Bertz CT molecular complexity index is 1820. The molecule has 0 atom stereocenters. The van der Waals surface area contributed by atoms with E-state index >= 15 is 0 Å². The molecule has 1 amide bonds. The molecule has 0 aliphatic carbocycles. The summed E-state index contributed by atoms with van der Waals surface area (Å²) < 4.78 is 26.5. The predicted molar refractivity (Wildman–Crippen MR) is 174 cm³/mol. The first-order valence-corrected chi connectivity index (χ1v) is 15.8. The van der Waals surface area contributed by atoms with Gasteiger partial charge in [0, 0.05) is 35.7 Å². The highest BCUT2D eigenvalue weighted by molar-refractivity contribution is 7.22. The van der Waals surface area contributed by atoms with E-state index in [0.29, 0.717) is 34.5 Å². The number of carbonyl (C=O) groups excluding carboxylic acids is 2. The van der Waals surface area contributed by atoms with Crippen LogP contribution >= 0.6 is 22.7 Å². The van der Waals surface area contributed by atoms with Crippen molar-refractivity contribution < 1.29 is 23.5 Å². The maximum absolute atomic E-state index is 14.5. The first-order valence-electron chi connectivity index (χ1n) is 14.2. The van der Waals surface area contributed by atoms with Crippen molar-refractivity contribution in [1.29, 1.82) is 0 Å². The first-order chi connectivity index (χ1) is 21.6. The number of aromatic nitrogens is 4. The molecule has 0 aliphatic heterocycles. The maximum atomic E-state index is 14.5. The van der Waals surface area contributed by atoms with Crippen LogP contribution in [0.5, 0.6) is 5.75 Å². The van der Waals surface area contributed by atoms with Crippen molar-refractivity contribution in [2.24, 2.45) is 0 Å². The number of rotatable bonds is 12. The number of para-hydroxylation sites is 1. The predicted octanol–water partition coefficient (Wildman–Crippen LogP) is 6.68. The maximum Gasteiger partial charge on any atom is 0.358 e. The van der Waals surface area contributed by atoms with Gasteiger partial charge in [-0.25, -0.2) is 19.2 Å². The molecule has 0 aliphatic rings. The number of fused-ring (bicyclic) bond motifs is 1. The van der Waals surface area contributed by atoms with E-state index in [1.54, 1.807) is 21.0 Å². The number of aryl methyl sites for hydroxylation is 1. The highest BCUT2D eigenvalue weighted by atomic mass is 32.1. The lowest BCUT2D eigenvalue weighted by atomic mass is 10.2. The number of nitrogens with one attached hydrogen (secondary N) is 2. The Morgan fingerprint density at radius 1 is 0.956 bits per heavy atom. The number of anilines is 4. The molecule has 45 heavy (non-hydrogen) atoms. The van der Waals surface area contributed by atoms with Crippen molar-refractivity contribution in [2.75, 3.05) is 37.9 Å². The fraction of sp³-hybridized carbons (Fsp3) is 0.290. The molecule has 0 bridgehead atoms. The van der Waals surface area contributed by atoms with Crippen LogP contribution in [0.3, 0.4) is 0 Å². The third-order valence-electron chi connectivity index (χ3n) is 6.82. The summed E-state index contributed by atoms with van der Waals surface area (Å²) in [6, 6.07) is 12.0. The van der Waals surface area contributed by atoms with Gasteiger partial charge in [0.1, 0.15) is 0 Å². The lowest BCUT2D eigenvalue weighted by Crippen LogP contribution is -2.21. The summed E-state index contributed by atoms with van der Waals surface area (Å²) in [6.45, 7) is 6.00. The van der Waals surface area contributed by atoms with Gasteiger partial charge in [-0.05, 0) is 63.9 Å². The number of benzene rings is 2. The highest BCUT2D eigenvalue weighted by Gasteiger charge is 2.21. The monoisotopic (exact) mass is 649 g/mol. The van der Waals surface area contributed by atoms with Gasteiger partial charge in [-0.2, -0.15) is 0 Å². The molecule has 5 aromatic rings. The fourth-order valence-electron chi connectivity index (χ4n) is 4.33. The van der Waals surface area contributed by atoms with E-state index in [-0.39, 0.29) is 36.1 Å². The molecule has 234 valence electrons. The highest BCUT2D eigenvalue weighted by Crippen LogP contribution is 2.32. The van der Waals surface area contributed by atoms with Gasteiger partial charge in [-0.1, -0.05) is 23.5 Å². The van der Waals surface area contributed by atoms with Crippen molar-refractivity contribution in [2.45, 2.75) is 33.6 Å². The van der Waals surface area contributed by atoms with Gasteiger partial charge in [0.25, 0.3) is 5.91 Å². The number of halogens is 1. The van der Waals surface area contributed by atoms with E-state index in [1.807, 2.05) is 38.1 Å². The fourth-order valence-corrected chi connectivity index (χ4v) is 6.18. The summed E-state index contributed by atoms with van der Waals surface area (Å²) in [7, 11) is 3.20. The SMILES string of the molecule is CCOC(=O)c1nc(Nc2nnc(Nc3nc4ccccc4s3)c(C)c2C)sc1CCCOc1ccc(C(=O)N(C)C)cc1F. The van der Waals surface area contributed by atoms with Crippen molar-refractivity contribution in [3.05, 3.63) is 75.5 Å². The van der Waals surface area contributed by atoms with E-state index in [1.165, 1.54) is 39.7 Å². The van der Waals surface area contributed by atoms with Crippen molar-refractivity contribution in [1.82, 2.24) is 25.1 Å². The van der Waals surface area contributed by atoms with E-state index in [0.717, 1.165) is 32.5 Å². The molecule has 0 radical (unpaired) electrons. The lowest BCUT2D eigenvalue weighted by Gasteiger charge is -2.12. The van der Waals surface area contributed by atoms with Gasteiger partial charge in [0.15, 0.2) is 39.2 Å². The largest absolute Gasteiger partial charge is 0.491 e. The van der Waals surface area contributed by atoms with Gasteiger partial charge in [-0.3, -0.25) is 4.79 Å². The molecule has 0 fully saturated rings. The van der Waals surface area contributed by atoms with E-state index in [2.05, 4.69) is 30.8 Å². The summed E-state index contributed by atoms with van der Waals surface area (Å²) in [5, 5.41) is 16.4. The molecule has 3 heterocycles. The average molecular weight is 650 g/mol. The topological polar surface area (TPSA) is 131 Å². The summed E-state index contributed by atoms with van der Waals surface area (Å²) in [5.41, 5.74) is 3.10. The molecular formula is C31H32FN7O4S2. The molecule has 5 rings (SSSR count). The minimum absolute atomic E-state index is 0.0491. The quantitative estimate of drug-likeness (QED) is 0.112. The zero-order valence-corrected chi connectivity index (χ0v) is 27.1. The Labute approximate surface area is 267 Å². The number of carbonyl (C=O) groups is 2. The lowest BCUT2D eigenvalue weighted by molar-refractivity contribution is 0.0519. The Morgan fingerprint density at radius 3 is 2.29 bits per heavy atom. The number of thiazole rings is 2. The molecule has 11 nitrogen and oxygen atoms in total. The zero-order chi connectivity index (χ0) is 32.1. The van der Waals surface area contributed by atoms with Crippen LogP contribution in [0, 0.1) is 19.7 Å². The third kappa shape index (κ3) is 7.35. The molecule has 0 unspecified atom stereocenters. The Morgan fingerprint density at radius 2 is 1.64 bits per heavy atom. The summed E-state index contributed by atoms with van der Waals surface area (Å²) >= 11 is 2.84. The minimum atomic E-state index is -0.618. The Hall–Kier alpha value is -4.69. The number of nitrogens with zero attached hydrogens (tertiary/aromatic N) is 5. The molecule has 0 saturated heterocycles. The molecular weight excluding hydrogens is 618 g/mol. The molecule has 2 N–H and O–H groups in total. The minimum Gasteiger partial charge on any atom is -0.491 e. The van der Waals surface area contributed by atoms with Gasteiger partial charge >= 0.3 is 5.97 Å². The summed E-state index contributed by atoms with van der Waals surface area (Å²) in [5.74, 6) is -0.290. The van der Waals surface area contributed by atoms with Crippen LogP contribution in [0.2, 0.25) is 0 Å². The van der Waals surface area contributed by atoms with Crippen molar-refractivity contribution >= 4 is 66.7 Å². The van der Waals surface area contributed by atoms with Gasteiger partial charge in [-0.15, -0.1) is 21.5 Å². The number of amides is 1. The van der Waals surface area contributed by atoms with E-state index in [4.69, 9.17) is 9.47 Å². The van der Waals surface area contributed by atoms with Gasteiger partial charge in [0.05, 0.1) is 23.4 Å². The Kier molecular flexibility index (Phi) is 9.83. The van der Waals surface area contributed by atoms with Crippen LogP contribution in [0.4, 0.5) is 26.3 Å². The second-order valence-electron chi connectivity index (χ2n) is 10.2. The number of hydrogen-bond donors (Lipinski definition) is 2. The molecule has 14 heteroatoms. The average Bonchev–Trinajstić information content (AvgIpc) is 3.62. The first kappa shape index (κ1) is 31.7. The smallest absolute Gasteiger partial charge is 0.358 e. The summed E-state index contributed by atoms with van der Waals surface area (Å²) in [6.07, 6.45) is 0.928. The molecule has 3 aromatic heterocycles. The van der Waals surface area contributed by atoms with Crippen molar-refractivity contribution in [3.63, 3.8) is 0 Å². The van der Waals surface area contributed by atoms with Gasteiger partial charge < -0.3 is 25.0 Å². The van der Waals surface area contributed by atoms with Crippen LogP contribution in [0.15, 0.2) is 42.5 Å². The zero-order valence-electron chi connectivity index (χ0n) is 25.4. The Balaban J connectivity index is 1.26. The molecule has 0 spiro atoms. The third-order valence-corrected chi connectivity index (χ3v) is 8.81. The van der Waals surface area contributed by atoms with Gasteiger partial charge in [0.2, 0.25) is 0 Å². The second-order valence-corrected chi connectivity index (χ2v) is 12.3. The number of ether oxygens (including phenoxy) is 2. The van der Waals surface area contributed by atoms with Crippen LogP contribution < -0.4 is 15.4 Å². The van der Waals surface area contributed by atoms with Crippen LogP contribution in [0.1, 0.15) is 50.2 Å². The normalized spacial score (nSPS) is 11.0. The number of hydrogen-bond acceptors (Lipinski definition) is 12. The van der Waals surface area contributed by atoms with Crippen LogP contribution in [-0.4, -0.2) is 64.3 Å². The van der Waals surface area contributed by atoms with E-state index < -0.39 is 11.8 Å². The molecule has 0 saturated carbocycles. The second kappa shape index (κ2) is 13.9. The number of esters is 1. The summed E-state index contributed by atoms with van der Waals surface area (Å²) in [4.78, 5) is 36.0.